The SMILES string of the molecule is CN(c1cc(F)c(S(=O)(=O)N(OC(=O)C(F)(F)F)c2cscn2)cc1Cl)[C@H]1CCN([C@H]2CCc3ccccc32)C1. The molecule has 0 N–H and O–H groups in total. The maximum absolute atomic E-state index is 15.4. The van der Waals surface area contributed by atoms with Gasteiger partial charge in [0.05, 0.1) is 16.2 Å². The molecule has 2 aliphatic rings. The van der Waals surface area contributed by atoms with Gasteiger partial charge in [0.15, 0.2) is 5.82 Å². The molecule has 1 fully saturated rings. The predicted molar refractivity (Wildman–Crippen MR) is 141 cm³/mol. The van der Waals surface area contributed by atoms with Gasteiger partial charge in [-0.05, 0) is 36.5 Å². The smallest absolute Gasteiger partial charge is 0.369 e. The number of halogens is 5. The number of anilines is 2. The normalized spacial score (nSPS) is 19.4. The second-order valence-corrected chi connectivity index (χ2v) is 12.3. The highest BCUT2D eigenvalue weighted by Gasteiger charge is 2.46. The van der Waals surface area contributed by atoms with E-state index in [0.29, 0.717) is 6.54 Å². The van der Waals surface area contributed by atoms with Crippen molar-refractivity contribution >= 4 is 50.4 Å². The van der Waals surface area contributed by atoms with Gasteiger partial charge in [-0.25, -0.2) is 14.2 Å². The van der Waals surface area contributed by atoms with E-state index < -0.39 is 38.7 Å². The summed E-state index contributed by atoms with van der Waals surface area (Å²) in [5.41, 5.74) is 3.96. The van der Waals surface area contributed by atoms with E-state index >= 15 is 4.39 Å². The van der Waals surface area contributed by atoms with Gasteiger partial charge in [0.1, 0.15) is 10.7 Å². The van der Waals surface area contributed by atoms with Gasteiger partial charge in [0, 0.05) is 43.7 Å². The van der Waals surface area contributed by atoms with Crippen LogP contribution in [0.3, 0.4) is 0 Å². The Morgan fingerprint density at radius 3 is 2.67 bits per heavy atom. The fourth-order valence-corrected chi connectivity index (χ4v) is 7.39. The first kappa shape index (κ1) is 28.6. The number of hydrogen-bond donors (Lipinski definition) is 0. The van der Waals surface area contributed by atoms with E-state index in [4.69, 9.17) is 11.6 Å². The largest absolute Gasteiger partial charge is 0.493 e. The molecule has 40 heavy (non-hydrogen) atoms. The molecule has 0 saturated carbocycles. The van der Waals surface area contributed by atoms with Crippen molar-refractivity contribution in [2.45, 2.75) is 42.4 Å². The summed E-state index contributed by atoms with van der Waals surface area (Å²) in [6.45, 7) is 1.49. The van der Waals surface area contributed by atoms with Crippen LogP contribution in [-0.4, -0.2) is 56.6 Å². The van der Waals surface area contributed by atoms with E-state index in [9.17, 15) is 26.4 Å². The van der Waals surface area contributed by atoms with Crippen molar-refractivity contribution in [2.24, 2.45) is 0 Å². The number of rotatable bonds is 7. The van der Waals surface area contributed by atoms with Crippen LogP contribution in [0.15, 0.2) is 52.2 Å². The number of fused-ring (bicyclic) bond motifs is 1. The standard InChI is InChI=1S/C25H23ClF4N4O4S2/c1-32(16-8-9-33(12-16)20-7-6-15-4-2-3-5-17(15)20)21-11-19(27)22(10-18(21)26)40(36,37)34(23-13-39-14-31-23)38-24(35)25(28,29)30/h2-5,10-11,13-14,16,20H,6-9,12H2,1H3/t16-,20-/m0/s1. The summed E-state index contributed by atoms with van der Waals surface area (Å²) < 4.78 is 80.0. The number of likely N-dealkylation sites (tertiary alicyclic amines) is 1. The van der Waals surface area contributed by atoms with Crippen LogP contribution < -0.4 is 9.37 Å². The molecule has 1 aromatic heterocycles. The number of aromatic nitrogens is 1. The van der Waals surface area contributed by atoms with Crippen molar-refractivity contribution in [2.75, 3.05) is 29.5 Å². The van der Waals surface area contributed by atoms with Crippen LogP contribution in [0.4, 0.5) is 29.1 Å². The number of alkyl halides is 3. The first-order chi connectivity index (χ1) is 18.9. The molecule has 0 spiro atoms. The molecule has 0 amide bonds. The van der Waals surface area contributed by atoms with E-state index in [0.717, 1.165) is 60.2 Å². The first-order valence-electron chi connectivity index (χ1n) is 12.1. The first-order valence-corrected chi connectivity index (χ1v) is 14.9. The van der Waals surface area contributed by atoms with E-state index in [-0.39, 0.29) is 27.3 Å². The number of carbonyl (C=O) groups excluding carboxylic acids is 1. The predicted octanol–water partition coefficient (Wildman–Crippen LogP) is 5.35. The van der Waals surface area contributed by atoms with Gasteiger partial charge < -0.3 is 9.74 Å². The van der Waals surface area contributed by atoms with Crippen LogP contribution in [0.2, 0.25) is 5.02 Å². The third-order valence-corrected chi connectivity index (χ3v) is 9.61. The Kier molecular flexibility index (Phi) is 7.72. The van der Waals surface area contributed by atoms with Crippen LogP contribution in [0.25, 0.3) is 0 Å². The monoisotopic (exact) mass is 618 g/mol. The Balaban J connectivity index is 1.38. The second kappa shape index (κ2) is 10.8. The maximum Gasteiger partial charge on any atom is 0.493 e. The number of nitrogens with zero attached hydrogens (tertiary/aromatic N) is 4. The molecule has 15 heteroatoms. The Bertz CT molecular complexity index is 1520. The molecule has 0 radical (unpaired) electrons. The lowest BCUT2D eigenvalue weighted by Crippen LogP contribution is -2.39. The van der Waals surface area contributed by atoms with Gasteiger partial charge in [0.2, 0.25) is 0 Å². The number of sulfonamides is 1. The average Bonchev–Trinajstić information content (AvgIpc) is 3.67. The molecule has 8 nitrogen and oxygen atoms in total. The summed E-state index contributed by atoms with van der Waals surface area (Å²) in [6.07, 6.45) is -2.74. The molecule has 2 atom stereocenters. The molecular weight excluding hydrogens is 596 g/mol. The van der Waals surface area contributed by atoms with Crippen LogP contribution in [-0.2, 0) is 26.1 Å². The molecule has 5 rings (SSSR count). The number of aryl methyl sites for hydroxylation is 1. The van der Waals surface area contributed by atoms with Crippen molar-refractivity contribution in [1.29, 1.82) is 0 Å². The minimum absolute atomic E-state index is 0.0497. The van der Waals surface area contributed by atoms with E-state index in [1.807, 2.05) is 12.1 Å². The van der Waals surface area contributed by atoms with Crippen molar-refractivity contribution in [3.63, 3.8) is 0 Å². The fourth-order valence-electron chi connectivity index (χ4n) is 5.20. The van der Waals surface area contributed by atoms with Crippen LogP contribution in [0.1, 0.15) is 30.0 Å². The minimum atomic E-state index is -5.51. The van der Waals surface area contributed by atoms with Gasteiger partial charge in [-0.2, -0.15) is 21.6 Å². The topological polar surface area (TPSA) is 83.1 Å². The highest BCUT2D eigenvalue weighted by atomic mass is 35.5. The summed E-state index contributed by atoms with van der Waals surface area (Å²) in [6, 6.07) is 10.2. The Labute approximate surface area is 236 Å². The Morgan fingerprint density at radius 2 is 1.98 bits per heavy atom. The van der Waals surface area contributed by atoms with Gasteiger partial charge in [0.25, 0.3) is 10.0 Å². The van der Waals surface area contributed by atoms with Crippen molar-refractivity contribution < 1.29 is 35.6 Å². The van der Waals surface area contributed by atoms with Gasteiger partial charge in [-0.15, -0.1) is 11.3 Å². The van der Waals surface area contributed by atoms with Crippen molar-refractivity contribution in [3.8, 4) is 0 Å². The summed E-state index contributed by atoms with van der Waals surface area (Å²) in [5.74, 6) is -4.75. The lowest BCUT2D eigenvalue weighted by molar-refractivity contribution is -0.199. The number of thiazole rings is 1. The lowest BCUT2D eigenvalue weighted by atomic mass is 10.1. The summed E-state index contributed by atoms with van der Waals surface area (Å²) in [7, 11) is -3.47. The fraction of sp³-hybridized carbons (Fsp3) is 0.360. The molecule has 2 heterocycles. The van der Waals surface area contributed by atoms with Gasteiger partial charge in [-0.3, -0.25) is 4.90 Å². The highest BCUT2D eigenvalue weighted by Crippen LogP contribution is 2.40. The second-order valence-electron chi connectivity index (χ2n) is 9.49. The number of benzene rings is 2. The average molecular weight is 619 g/mol. The van der Waals surface area contributed by atoms with E-state index in [2.05, 4.69) is 26.9 Å². The quantitative estimate of drug-likeness (QED) is 0.261. The summed E-state index contributed by atoms with van der Waals surface area (Å²) in [4.78, 5) is 22.3. The zero-order valence-electron chi connectivity index (χ0n) is 20.9. The van der Waals surface area contributed by atoms with Gasteiger partial charge >= 0.3 is 12.1 Å². The molecule has 1 aliphatic carbocycles. The molecule has 2 aromatic carbocycles. The molecular formula is C25H23ClF4N4O4S2. The minimum Gasteiger partial charge on any atom is -0.369 e. The van der Waals surface area contributed by atoms with Crippen LogP contribution >= 0.6 is 22.9 Å². The third kappa shape index (κ3) is 5.37. The van der Waals surface area contributed by atoms with Gasteiger partial charge in [-0.1, -0.05) is 40.3 Å². The third-order valence-electron chi connectivity index (χ3n) is 7.17. The molecule has 0 bridgehead atoms. The molecule has 1 aliphatic heterocycles. The summed E-state index contributed by atoms with van der Waals surface area (Å²) >= 11 is 7.24. The van der Waals surface area contributed by atoms with E-state index in [1.54, 1.807) is 11.9 Å². The number of carbonyl (C=O) groups is 1. The summed E-state index contributed by atoms with van der Waals surface area (Å²) in [5, 5.41) is 0.879. The Hall–Kier alpha value is -2.94. The zero-order valence-corrected chi connectivity index (χ0v) is 23.3. The Morgan fingerprint density at radius 1 is 1.23 bits per heavy atom. The van der Waals surface area contributed by atoms with Crippen LogP contribution in [0, 0.1) is 5.82 Å². The van der Waals surface area contributed by atoms with Crippen LogP contribution in [0.5, 0.6) is 0 Å². The molecule has 214 valence electrons. The van der Waals surface area contributed by atoms with E-state index in [1.165, 1.54) is 11.1 Å². The molecule has 0 unspecified atom stereocenters. The lowest BCUT2D eigenvalue weighted by Gasteiger charge is -2.30. The number of hydrogen-bond acceptors (Lipinski definition) is 8. The highest BCUT2D eigenvalue weighted by molar-refractivity contribution is 7.92. The molecule has 1 saturated heterocycles. The van der Waals surface area contributed by atoms with Crippen molar-refractivity contribution in [3.05, 3.63) is 69.3 Å². The number of likely N-dealkylation sites (N-methyl/N-ethyl adjacent to an activating group) is 1. The maximum atomic E-state index is 15.4. The molecule has 3 aromatic rings. The zero-order chi connectivity index (χ0) is 28.8. The van der Waals surface area contributed by atoms with Crippen molar-refractivity contribution in [1.82, 2.24) is 9.88 Å².